The Kier molecular flexibility index (Phi) is 6.33. The highest BCUT2D eigenvalue weighted by molar-refractivity contribution is 6.30. The Morgan fingerprint density at radius 2 is 1.52 bits per heavy atom. The number of hydrogen-bond acceptors (Lipinski definition) is 4. The van der Waals surface area contributed by atoms with Gasteiger partial charge in [0.05, 0.1) is 19.9 Å². The van der Waals surface area contributed by atoms with Gasteiger partial charge in [0.15, 0.2) is 0 Å². The number of ether oxygens (including phenoxy) is 2. The molecule has 27 heavy (non-hydrogen) atoms. The van der Waals surface area contributed by atoms with Gasteiger partial charge in [0.1, 0.15) is 16.9 Å². The summed E-state index contributed by atoms with van der Waals surface area (Å²) in [4.78, 5) is 25.4. The van der Waals surface area contributed by atoms with Crippen LogP contribution in [-0.4, -0.2) is 26.0 Å². The molecule has 2 aromatic carbocycles. The molecule has 0 aliphatic carbocycles. The van der Waals surface area contributed by atoms with Gasteiger partial charge < -0.3 is 20.1 Å². The minimum absolute atomic E-state index is 0.432. The predicted molar refractivity (Wildman–Crippen MR) is 107 cm³/mol. The van der Waals surface area contributed by atoms with Crippen molar-refractivity contribution in [2.45, 2.75) is 20.8 Å². The first-order valence-electron chi connectivity index (χ1n) is 8.30. The molecule has 0 atom stereocenters. The monoisotopic (exact) mass is 390 g/mol. The Labute approximate surface area is 163 Å². The second-order valence-corrected chi connectivity index (χ2v) is 7.00. The van der Waals surface area contributed by atoms with Crippen LogP contribution in [0.5, 0.6) is 11.5 Å². The summed E-state index contributed by atoms with van der Waals surface area (Å²) in [5.74, 6) is 0.139. The number of anilines is 2. The zero-order valence-electron chi connectivity index (χ0n) is 16.0. The third kappa shape index (κ3) is 4.71. The largest absolute Gasteiger partial charge is 0.497 e. The minimum Gasteiger partial charge on any atom is -0.497 e. The third-order valence-electron chi connectivity index (χ3n) is 4.23. The minimum atomic E-state index is -1.32. The van der Waals surface area contributed by atoms with E-state index in [1.165, 1.54) is 7.11 Å². The highest BCUT2D eigenvalue weighted by Crippen LogP contribution is 2.31. The molecule has 2 amide bonds. The molecule has 0 fully saturated rings. The zero-order chi connectivity index (χ0) is 20.2. The van der Waals surface area contributed by atoms with Crippen LogP contribution in [0, 0.1) is 12.3 Å². The van der Waals surface area contributed by atoms with Crippen LogP contribution in [0.4, 0.5) is 11.4 Å². The maximum Gasteiger partial charge on any atom is 0.239 e. The molecule has 7 heteroatoms. The van der Waals surface area contributed by atoms with Gasteiger partial charge in [0.2, 0.25) is 11.8 Å². The molecule has 6 nitrogen and oxygen atoms in total. The van der Waals surface area contributed by atoms with E-state index in [0.29, 0.717) is 27.9 Å². The first-order chi connectivity index (χ1) is 12.7. The lowest BCUT2D eigenvalue weighted by Crippen LogP contribution is -2.41. The number of hydrogen-bond donors (Lipinski definition) is 2. The van der Waals surface area contributed by atoms with Crippen molar-refractivity contribution < 1.29 is 19.1 Å². The maximum atomic E-state index is 12.7. The number of aryl methyl sites for hydroxylation is 1. The SMILES string of the molecule is COc1ccc(NC(=O)C(C)(C)C(=O)Nc2ccc(Cl)cc2C)c(OC)c1. The van der Waals surface area contributed by atoms with Crippen molar-refractivity contribution >= 4 is 34.8 Å². The number of nitrogens with one attached hydrogen (secondary N) is 2. The van der Waals surface area contributed by atoms with Gasteiger partial charge in [-0.3, -0.25) is 9.59 Å². The van der Waals surface area contributed by atoms with Crippen LogP contribution in [0.2, 0.25) is 5.02 Å². The molecule has 0 heterocycles. The predicted octanol–water partition coefficient (Wildman–Crippen LogP) is 4.27. The van der Waals surface area contributed by atoms with Crippen LogP contribution in [0.3, 0.4) is 0 Å². The van der Waals surface area contributed by atoms with E-state index in [1.807, 2.05) is 6.92 Å². The van der Waals surface area contributed by atoms with E-state index in [2.05, 4.69) is 10.6 Å². The van der Waals surface area contributed by atoms with Gasteiger partial charge in [-0.25, -0.2) is 0 Å². The highest BCUT2D eigenvalue weighted by Gasteiger charge is 2.36. The molecule has 0 aliphatic heterocycles. The van der Waals surface area contributed by atoms with Crippen LogP contribution in [0.25, 0.3) is 0 Å². The second kappa shape index (κ2) is 8.31. The van der Waals surface area contributed by atoms with Crippen molar-refractivity contribution in [1.29, 1.82) is 0 Å². The molecule has 0 aromatic heterocycles. The van der Waals surface area contributed by atoms with E-state index >= 15 is 0 Å². The van der Waals surface area contributed by atoms with E-state index in [9.17, 15) is 9.59 Å². The second-order valence-electron chi connectivity index (χ2n) is 6.56. The van der Waals surface area contributed by atoms with Gasteiger partial charge >= 0.3 is 0 Å². The molecule has 2 rings (SSSR count). The van der Waals surface area contributed by atoms with Crippen molar-refractivity contribution in [3.63, 3.8) is 0 Å². The van der Waals surface area contributed by atoms with Crippen LogP contribution in [0.15, 0.2) is 36.4 Å². The molecule has 0 unspecified atom stereocenters. The summed E-state index contributed by atoms with van der Waals surface area (Å²) < 4.78 is 10.4. The Morgan fingerprint density at radius 1 is 0.926 bits per heavy atom. The Balaban J connectivity index is 2.17. The number of amides is 2. The lowest BCUT2D eigenvalue weighted by atomic mass is 9.90. The normalized spacial score (nSPS) is 10.9. The van der Waals surface area contributed by atoms with Crippen LogP contribution >= 0.6 is 11.6 Å². The highest BCUT2D eigenvalue weighted by atomic mass is 35.5. The first-order valence-corrected chi connectivity index (χ1v) is 8.68. The molecular formula is C20H23ClN2O4. The van der Waals surface area contributed by atoms with Gasteiger partial charge in [-0.05, 0) is 56.7 Å². The molecule has 0 aliphatic rings. The fraction of sp³-hybridized carbons (Fsp3) is 0.300. The van der Waals surface area contributed by atoms with Crippen molar-refractivity contribution in [2.75, 3.05) is 24.9 Å². The van der Waals surface area contributed by atoms with E-state index in [4.69, 9.17) is 21.1 Å². The average Bonchev–Trinajstić information content (AvgIpc) is 2.64. The quantitative estimate of drug-likeness (QED) is 0.722. The number of rotatable bonds is 6. The number of carbonyl (C=O) groups is 2. The van der Waals surface area contributed by atoms with E-state index in [-0.39, 0.29) is 0 Å². The van der Waals surface area contributed by atoms with Crippen LogP contribution in [-0.2, 0) is 9.59 Å². The van der Waals surface area contributed by atoms with Crippen molar-refractivity contribution in [1.82, 2.24) is 0 Å². The topological polar surface area (TPSA) is 76.7 Å². The smallest absolute Gasteiger partial charge is 0.239 e. The number of methoxy groups -OCH3 is 2. The third-order valence-corrected chi connectivity index (χ3v) is 4.46. The summed E-state index contributed by atoms with van der Waals surface area (Å²) in [6, 6.07) is 10.1. The molecule has 0 saturated carbocycles. The standard InChI is InChI=1S/C20H23ClN2O4/c1-12-10-13(21)6-8-15(12)22-18(24)20(2,3)19(25)23-16-9-7-14(26-4)11-17(16)27-5/h6-11H,1-5H3,(H,22,24)(H,23,25). The maximum absolute atomic E-state index is 12.7. The Hall–Kier alpha value is -2.73. The summed E-state index contributed by atoms with van der Waals surface area (Å²) in [6.45, 7) is 4.94. The first kappa shape index (κ1) is 20.6. The van der Waals surface area contributed by atoms with Crippen LogP contribution in [0.1, 0.15) is 19.4 Å². The van der Waals surface area contributed by atoms with E-state index < -0.39 is 17.2 Å². The Bertz CT molecular complexity index is 865. The fourth-order valence-electron chi connectivity index (χ4n) is 2.33. The molecule has 0 radical (unpaired) electrons. The Morgan fingerprint density at radius 3 is 2.07 bits per heavy atom. The number of benzene rings is 2. The summed E-state index contributed by atoms with van der Waals surface area (Å²) in [5, 5.41) is 6.10. The molecule has 144 valence electrons. The molecule has 0 saturated heterocycles. The molecule has 2 aromatic rings. The van der Waals surface area contributed by atoms with Gasteiger partial charge in [-0.15, -0.1) is 0 Å². The summed E-state index contributed by atoms with van der Waals surface area (Å²) in [5.41, 5.74) is 0.542. The summed E-state index contributed by atoms with van der Waals surface area (Å²) in [7, 11) is 3.03. The van der Waals surface area contributed by atoms with Gasteiger partial charge in [0, 0.05) is 16.8 Å². The van der Waals surface area contributed by atoms with Gasteiger partial charge in [-0.2, -0.15) is 0 Å². The summed E-state index contributed by atoms with van der Waals surface area (Å²) >= 11 is 5.94. The van der Waals surface area contributed by atoms with E-state index in [1.54, 1.807) is 57.4 Å². The van der Waals surface area contributed by atoms with Crippen molar-refractivity contribution in [2.24, 2.45) is 5.41 Å². The molecule has 2 N–H and O–H groups in total. The number of halogens is 1. The van der Waals surface area contributed by atoms with Gasteiger partial charge in [0.25, 0.3) is 0 Å². The molecular weight excluding hydrogens is 368 g/mol. The fourth-order valence-corrected chi connectivity index (χ4v) is 2.56. The van der Waals surface area contributed by atoms with E-state index in [0.717, 1.165) is 5.56 Å². The molecule has 0 spiro atoms. The zero-order valence-corrected chi connectivity index (χ0v) is 16.7. The van der Waals surface area contributed by atoms with Crippen molar-refractivity contribution in [3.05, 3.63) is 47.0 Å². The average molecular weight is 391 g/mol. The lowest BCUT2D eigenvalue weighted by Gasteiger charge is -2.24. The molecule has 0 bridgehead atoms. The summed E-state index contributed by atoms with van der Waals surface area (Å²) in [6.07, 6.45) is 0. The van der Waals surface area contributed by atoms with Gasteiger partial charge in [-0.1, -0.05) is 11.6 Å². The number of carbonyl (C=O) groups excluding carboxylic acids is 2. The van der Waals surface area contributed by atoms with Crippen molar-refractivity contribution in [3.8, 4) is 11.5 Å². The van der Waals surface area contributed by atoms with Crippen LogP contribution < -0.4 is 20.1 Å². The lowest BCUT2D eigenvalue weighted by molar-refractivity contribution is -0.135.